The number of nitrogens with zero attached hydrogens (tertiary/aromatic N) is 1. The zero-order valence-electron chi connectivity index (χ0n) is 15.4. The number of ether oxygens (including phenoxy) is 1. The third-order valence-electron chi connectivity index (χ3n) is 4.18. The van der Waals surface area contributed by atoms with Gasteiger partial charge in [-0.25, -0.2) is 4.79 Å². The summed E-state index contributed by atoms with van der Waals surface area (Å²) in [6, 6.07) is 10.9. The second kappa shape index (κ2) is 7.91. The van der Waals surface area contributed by atoms with E-state index in [1.807, 2.05) is 6.92 Å². The Hall–Kier alpha value is -3.68. The van der Waals surface area contributed by atoms with Gasteiger partial charge in [0.05, 0.1) is 4.92 Å². The second-order valence-electron chi connectivity index (χ2n) is 6.22. The summed E-state index contributed by atoms with van der Waals surface area (Å²) in [6.45, 7) is 3.31. The Morgan fingerprint density at radius 3 is 2.71 bits per heavy atom. The van der Waals surface area contributed by atoms with Crippen LogP contribution < -0.4 is 15.7 Å². The maximum atomic E-state index is 12.1. The van der Waals surface area contributed by atoms with Crippen LogP contribution >= 0.6 is 0 Å². The molecule has 0 unspecified atom stereocenters. The Bertz CT molecular complexity index is 1120. The summed E-state index contributed by atoms with van der Waals surface area (Å²) in [4.78, 5) is 34.3. The highest BCUT2D eigenvalue weighted by Crippen LogP contribution is 2.26. The van der Waals surface area contributed by atoms with Crippen LogP contribution in [0.1, 0.15) is 18.1 Å². The van der Waals surface area contributed by atoms with Gasteiger partial charge in [0, 0.05) is 23.6 Å². The van der Waals surface area contributed by atoms with Gasteiger partial charge in [-0.1, -0.05) is 13.0 Å². The number of hydrogen-bond donors (Lipinski definition) is 1. The monoisotopic (exact) mass is 382 g/mol. The van der Waals surface area contributed by atoms with Crippen LogP contribution in [0.4, 0.5) is 11.4 Å². The number of nitrogens with one attached hydrogen (secondary N) is 1. The normalized spacial score (nSPS) is 10.6. The number of hydrogen-bond acceptors (Lipinski definition) is 6. The van der Waals surface area contributed by atoms with Crippen molar-refractivity contribution in [2.45, 2.75) is 20.3 Å². The molecule has 1 aromatic heterocycles. The first kappa shape index (κ1) is 19.1. The van der Waals surface area contributed by atoms with Crippen LogP contribution in [-0.2, 0) is 11.2 Å². The van der Waals surface area contributed by atoms with Gasteiger partial charge in [0.25, 0.3) is 11.6 Å². The van der Waals surface area contributed by atoms with E-state index < -0.39 is 16.5 Å². The fraction of sp³-hybridized carbons (Fsp3) is 0.200. The zero-order chi connectivity index (χ0) is 20.3. The van der Waals surface area contributed by atoms with Crippen LogP contribution in [0.3, 0.4) is 0 Å². The lowest BCUT2D eigenvalue weighted by atomic mass is 10.1. The van der Waals surface area contributed by atoms with Crippen molar-refractivity contribution in [2.24, 2.45) is 0 Å². The smallest absolute Gasteiger partial charge is 0.336 e. The van der Waals surface area contributed by atoms with E-state index in [4.69, 9.17) is 9.15 Å². The van der Waals surface area contributed by atoms with E-state index in [2.05, 4.69) is 5.32 Å². The molecular formula is C20H18N2O6. The van der Waals surface area contributed by atoms with E-state index in [1.54, 1.807) is 25.1 Å². The van der Waals surface area contributed by atoms with Crippen molar-refractivity contribution in [1.82, 2.24) is 0 Å². The van der Waals surface area contributed by atoms with Crippen molar-refractivity contribution in [3.05, 3.63) is 74.1 Å². The Labute approximate surface area is 159 Å². The predicted octanol–water partition coefficient (Wildman–Crippen LogP) is 3.59. The van der Waals surface area contributed by atoms with Crippen LogP contribution in [0.5, 0.6) is 5.75 Å². The molecule has 28 heavy (non-hydrogen) atoms. The molecule has 0 aliphatic carbocycles. The quantitative estimate of drug-likeness (QED) is 0.396. The highest BCUT2D eigenvalue weighted by molar-refractivity contribution is 5.94. The Kier molecular flexibility index (Phi) is 5.39. The molecule has 0 aliphatic heterocycles. The van der Waals surface area contributed by atoms with Crippen molar-refractivity contribution >= 4 is 28.3 Å². The number of rotatable bonds is 6. The number of benzene rings is 2. The lowest BCUT2D eigenvalue weighted by Gasteiger charge is -2.09. The molecule has 0 atom stereocenters. The third-order valence-corrected chi connectivity index (χ3v) is 4.18. The molecule has 0 saturated heterocycles. The van der Waals surface area contributed by atoms with E-state index >= 15 is 0 Å². The van der Waals surface area contributed by atoms with Crippen molar-refractivity contribution in [1.29, 1.82) is 0 Å². The van der Waals surface area contributed by atoms with Gasteiger partial charge in [-0.2, -0.15) is 0 Å². The van der Waals surface area contributed by atoms with Crippen molar-refractivity contribution in [2.75, 3.05) is 11.9 Å². The molecule has 8 nitrogen and oxygen atoms in total. The lowest BCUT2D eigenvalue weighted by Crippen LogP contribution is -2.20. The first-order valence-electron chi connectivity index (χ1n) is 8.62. The van der Waals surface area contributed by atoms with E-state index in [0.29, 0.717) is 23.3 Å². The fourth-order valence-corrected chi connectivity index (χ4v) is 2.83. The van der Waals surface area contributed by atoms with E-state index in [9.17, 15) is 19.7 Å². The number of fused-ring (bicyclic) bond motifs is 1. The van der Waals surface area contributed by atoms with Crippen LogP contribution in [0.15, 0.2) is 51.7 Å². The molecule has 0 bridgehead atoms. The SMILES string of the molecule is CCc1cc(=O)oc2cc(OCC(=O)Nc3ccc(C)cc3[N+](=O)[O-])ccc12. The van der Waals surface area contributed by atoms with Gasteiger partial charge in [0.15, 0.2) is 6.61 Å². The fourth-order valence-electron chi connectivity index (χ4n) is 2.83. The highest BCUT2D eigenvalue weighted by atomic mass is 16.6. The van der Waals surface area contributed by atoms with Gasteiger partial charge >= 0.3 is 5.63 Å². The van der Waals surface area contributed by atoms with Crippen LogP contribution in [0.2, 0.25) is 0 Å². The van der Waals surface area contributed by atoms with Crippen LogP contribution in [0.25, 0.3) is 11.0 Å². The Morgan fingerprint density at radius 1 is 1.21 bits per heavy atom. The Balaban J connectivity index is 1.73. The van der Waals surface area contributed by atoms with Gasteiger partial charge in [-0.3, -0.25) is 14.9 Å². The Morgan fingerprint density at radius 2 is 2.00 bits per heavy atom. The minimum Gasteiger partial charge on any atom is -0.484 e. The molecule has 144 valence electrons. The average Bonchev–Trinajstić information content (AvgIpc) is 2.66. The van der Waals surface area contributed by atoms with Crippen LogP contribution in [0, 0.1) is 17.0 Å². The topological polar surface area (TPSA) is 112 Å². The minimum absolute atomic E-state index is 0.0984. The number of carbonyl (C=O) groups is 1. The second-order valence-corrected chi connectivity index (χ2v) is 6.22. The van der Waals surface area contributed by atoms with Crippen molar-refractivity contribution < 1.29 is 18.9 Å². The standard InChI is InChI=1S/C20H18N2O6/c1-3-13-9-20(24)28-18-10-14(5-6-15(13)18)27-11-19(23)21-16-7-4-12(2)8-17(16)22(25)26/h4-10H,3,11H2,1-2H3,(H,21,23). The largest absolute Gasteiger partial charge is 0.484 e. The minimum atomic E-state index is -0.555. The number of amides is 1. The molecule has 3 rings (SSSR count). The molecule has 0 saturated carbocycles. The van der Waals surface area contributed by atoms with Gasteiger partial charge in [0.1, 0.15) is 17.0 Å². The maximum absolute atomic E-state index is 12.1. The summed E-state index contributed by atoms with van der Waals surface area (Å²) >= 11 is 0. The maximum Gasteiger partial charge on any atom is 0.336 e. The molecule has 0 radical (unpaired) electrons. The van der Waals surface area contributed by atoms with Gasteiger partial charge in [-0.05, 0) is 42.7 Å². The summed E-state index contributed by atoms with van der Waals surface area (Å²) in [5.41, 5.74) is 1.41. The summed E-state index contributed by atoms with van der Waals surface area (Å²) in [7, 11) is 0. The number of nitro groups is 1. The van der Waals surface area contributed by atoms with Gasteiger partial charge < -0.3 is 14.5 Å². The molecule has 1 heterocycles. The van der Waals surface area contributed by atoms with Gasteiger partial charge in [-0.15, -0.1) is 0 Å². The molecule has 1 N–H and O–H groups in total. The number of carbonyl (C=O) groups excluding carboxylic acids is 1. The molecular weight excluding hydrogens is 364 g/mol. The predicted molar refractivity (Wildman–Crippen MR) is 104 cm³/mol. The molecule has 2 aromatic carbocycles. The van der Waals surface area contributed by atoms with Crippen LogP contribution in [-0.4, -0.2) is 17.4 Å². The molecule has 8 heteroatoms. The number of anilines is 1. The molecule has 0 aliphatic rings. The summed E-state index contributed by atoms with van der Waals surface area (Å²) in [5, 5.41) is 14.4. The molecule has 0 fully saturated rings. The summed E-state index contributed by atoms with van der Waals surface area (Å²) < 4.78 is 10.6. The average molecular weight is 382 g/mol. The number of aryl methyl sites for hydroxylation is 2. The lowest BCUT2D eigenvalue weighted by molar-refractivity contribution is -0.384. The van der Waals surface area contributed by atoms with Gasteiger partial charge in [0.2, 0.25) is 0 Å². The first-order chi connectivity index (χ1) is 13.4. The van der Waals surface area contributed by atoms with E-state index in [1.165, 1.54) is 24.3 Å². The third kappa shape index (κ3) is 4.17. The molecule has 0 spiro atoms. The first-order valence-corrected chi connectivity index (χ1v) is 8.62. The highest BCUT2D eigenvalue weighted by Gasteiger charge is 2.16. The zero-order valence-corrected chi connectivity index (χ0v) is 15.4. The van der Waals surface area contributed by atoms with Crippen molar-refractivity contribution in [3.63, 3.8) is 0 Å². The van der Waals surface area contributed by atoms with E-state index in [-0.39, 0.29) is 18.0 Å². The molecule has 3 aromatic rings. The molecule has 1 amide bonds. The number of nitro benzene ring substituents is 1. The van der Waals surface area contributed by atoms with Crippen molar-refractivity contribution in [3.8, 4) is 5.75 Å². The summed E-state index contributed by atoms with van der Waals surface area (Å²) in [5.74, 6) is -0.201. The van der Waals surface area contributed by atoms with E-state index in [0.717, 1.165) is 10.9 Å². The summed E-state index contributed by atoms with van der Waals surface area (Å²) in [6.07, 6.45) is 0.681.